The van der Waals surface area contributed by atoms with Crippen LogP contribution in [0.5, 0.6) is 0 Å². The van der Waals surface area contributed by atoms with E-state index in [1.54, 1.807) is 0 Å². The number of halogens is 3. The summed E-state index contributed by atoms with van der Waals surface area (Å²) in [6.07, 6.45) is -1.57. The Morgan fingerprint density at radius 3 is 2.33 bits per heavy atom. The molecule has 0 atom stereocenters. The number of alkyl halides is 3. The normalized spacial score (nSPS) is 10.9. The molecule has 0 aliphatic carbocycles. The second-order valence-corrected chi connectivity index (χ2v) is 2.85. The molecule has 0 aromatic heterocycles. The number of benzene rings is 1. The lowest BCUT2D eigenvalue weighted by atomic mass is 10.1. The van der Waals surface area contributed by atoms with E-state index >= 15 is 0 Å². The lowest BCUT2D eigenvalue weighted by Crippen LogP contribution is -2.05. The number of nitrogens with one attached hydrogen (secondary N) is 1. The summed E-state index contributed by atoms with van der Waals surface area (Å²) in [6.45, 7) is 6.89. The van der Waals surface area contributed by atoms with E-state index in [1.165, 1.54) is 18.3 Å². The number of hydrogen-bond donors (Lipinski definition) is 1. The van der Waals surface area contributed by atoms with Crippen LogP contribution in [0.25, 0.3) is 6.08 Å². The summed E-state index contributed by atoms with van der Waals surface area (Å²) in [4.78, 5) is 0. The Bertz CT molecular complexity index is 380. The van der Waals surface area contributed by atoms with Gasteiger partial charge >= 0.3 is 6.18 Å². The van der Waals surface area contributed by atoms with Crippen molar-refractivity contribution in [2.75, 3.05) is 5.32 Å². The third-order valence-corrected chi connectivity index (χ3v) is 1.86. The summed E-state index contributed by atoms with van der Waals surface area (Å²) in [5, 5.41) is 2.73. The Morgan fingerprint density at radius 1 is 1.20 bits per heavy atom. The lowest BCUT2D eigenvalue weighted by Gasteiger charge is -2.10. The average molecular weight is 213 g/mol. The van der Waals surface area contributed by atoms with Gasteiger partial charge in [0, 0.05) is 5.69 Å². The van der Waals surface area contributed by atoms with Crippen molar-refractivity contribution in [2.45, 2.75) is 6.18 Å². The van der Waals surface area contributed by atoms with E-state index in [0.717, 1.165) is 12.1 Å². The predicted molar refractivity (Wildman–Crippen MR) is 55.4 cm³/mol. The lowest BCUT2D eigenvalue weighted by molar-refractivity contribution is -0.137. The van der Waals surface area contributed by atoms with E-state index in [-0.39, 0.29) is 0 Å². The van der Waals surface area contributed by atoms with E-state index in [0.29, 0.717) is 11.3 Å². The van der Waals surface area contributed by atoms with Crippen LogP contribution in [-0.4, -0.2) is 0 Å². The van der Waals surface area contributed by atoms with Gasteiger partial charge in [-0.05, 0) is 30.0 Å². The van der Waals surface area contributed by atoms with Gasteiger partial charge in [0.2, 0.25) is 0 Å². The molecule has 0 saturated heterocycles. The van der Waals surface area contributed by atoms with Crippen LogP contribution in [-0.2, 0) is 6.18 Å². The molecule has 0 spiro atoms. The molecule has 4 heteroatoms. The Hall–Kier alpha value is -1.71. The summed E-state index contributed by atoms with van der Waals surface area (Å²) in [6, 6.07) is 3.40. The molecule has 0 bridgehead atoms. The number of rotatable bonds is 3. The van der Waals surface area contributed by atoms with Crippen molar-refractivity contribution in [2.24, 2.45) is 0 Å². The average Bonchev–Trinajstić information content (AvgIpc) is 2.17. The second kappa shape index (κ2) is 4.21. The summed E-state index contributed by atoms with van der Waals surface area (Å²) < 4.78 is 37.0. The molecule has 1 N–H and O–H groups in total. The molecule has 1 aromatic carbocycles. The van der Waals surface area contributed by atoms with E-state index in [9.17, 15) is 13.2 Å². The van der Waals surface area contributed by atoms with Gasteiger partial charge in [-0.15, -0.1) is 0 Å². The Kier molecular flexibility index (Phi) is 3.19. The van der Waals surface area contributed by atoms with Crippen molar-refractivity contribution in [1.29, 1.82) is 0 Å². The first-order chi connectivity index (χ1) is 6.99. The third-order valence-electron chi connectivity index (χ3n) is 1.86. The monoisotopic (exact) mass is 213 g/mol. The van der Waals surface area contributed by atoms with Crippen molar-refractivity contribution in [3.63, 3.8) is 0 Å². The quantitative estimate of drug-likeness (QED) is 0.802. The molecule has 80 valence electrons. The van der Waals surface area contributed by atoms with Crippen LogP contribution in [0.15, 0.2) is 37.6 Å². The minimum atomic E-state index is -4.33. The fraction of sp³-hybridized carbons (Fsp3) is 0.0909. The Labute approximate surface area is 85.9 Å². The molecule has 0 aliphatic rings. The molecule has 0 fully saturated rings. The van der Waals surface area contributed by atoms with Crippen LogP contribution >= 0.6 is 0 Å². The second-order valence-electron chi connectivity index (χ2n) is 2.85. The number of hydrogen-bond acceptors (Lipinski definition) is 1. The summed E-state index contributed by atoms with van der Waals surface area (Å²) in [5.41, 5.74) is 0.254. The molecular weight excluding hydrogens is 203 g/mol. The molecular formula is C11H10F3N. The summed E-state index contributed by atoms with van der Waals surface area (Å²) >= 11 is 0. The minimum absolute atomic E-state index is 0.393. The molecule has 1 aromatic rings. The molecule has 0 radical (unpaired) electrons. The molecule has 1 rings (SSSR count). The van der Waals surface area contributed by atoms with Gasteiger partial charge in [0.1, 0.15) is 0 Å². The highest BCUT2D eigenvalue weighted by Gasteiger charge is 2.30. The fourth-order valence-electron chi connectivity index (χ4n) is 1.15. The van der Waals surface area contributed by atoms with E-state index in [4.69, 9.17) is 0 Å². The van der Waals surface area contributed by atoms with Crippen LogP contribution in [0.2, 0.25) is 0 Å². The first kappa shape index (κ1) is 11.4. The highest BCUT2D eigenvalue weighted by molar-refractivity contribution is 5.67. The van der Waals surface area contributed by atoms with E-state index in [1.807, 2.05) is 0 Å². The molecule has 0 aliphatic heterocycles. The fourth-order valence-corrected chi connectivity index (χ4v) is 1.15. The van der Waals surface area contributed by atoms with E-state index < -0.39 is 11.7 Å². The zero-order valence-corrected chi connectivity index (χ0v) is 7.93. The van der Waals surface area contributed by atoms with Crippen LogP contribution in [0.3, 0.4) is 0 Å². The van der Waals surface area contributed by atoms with Gasteiger partial charge < -0.3 is 5.32 Å². The van der Waals surface area contributed by atoms with Gasteiger partial charge in [0.25, 0.3) is 0 Å². The van der Waals surface area contributed by atoms with Crippen molar-refractivity contribution in [1.82, 2.24) is 0 Å². The molecule has 15 heavy (non-hydrogen) atoms. The first-order valence-corrected chi connectivity index (χ1v) is 4.20. The Balaban J connectivity index is 3.18. The van der Waals surface area contributed by atoms with Crippen molar-refractivity contribution >= 4 is 11.8 Å². The van der Waals surface area contributed by atoms with Crippen molar-refractivity contribution in [3.05, 3.63) is 48.7 Å². The summed E-state index contributed by atoms with van der Waals surface area (Å²) in [7, 11) is 0. The van der Waals surface area contributed by atoms with Gasteiger partial charge in [-0.1, -0.05) is 19.2 Å². The highest BCUT2D eigenvalue weighted by atomic mass is 19.4. The van der Waals surface area contributed by atoms with Crippen LogP contribution in [0, 0.1) is 0 Å². The van der Waals surface area contributed by atoms with Crippen molar-refractivity contribution in [3.8, 4) is 0 Å². The van der Waals surface area contributed by atoms with Crippen LogP contribution in [0.4, 0.5) is 18.9 Å². The Morgan fingerprint density at radius 2 is 1.87 bits per heavy atom. The smallest absolute Gasteiger partial charge is 0.362 e. The zero-order valence-electron chi connectivity index (χ0n) is 7.93. The third kappa shape index (κ3) is 2.62. The molecule has 1 nitrogen and oxygen atoms in total. The van der Waals surface area contributed by atoms with Crippen LogP contribution < -0.4 is 5.32 Å². The van der Waals surface area contributed by atoms with Gasteiger partial charge in [-0.3, -0.25) is 0 Å². The molecule has 0 amide bonds. The standard InChI is InChI=1S/C11H10F3N/c1-3-8-7-9(11(12,13)14)5-6-10(8)15-4-2/h3-7,15H,1-2H2. The maximum absolute atomic E-state index is 12.3. The highest BCUT2D eigenvalue weighted by Crippen LogP contribution is 2.32. The first-order valence-electron chi connectivity index (χ1n) is 4.20. The molecule has 0 unspecified atom stereocenters. The number of anilines is 1. The van der Waals surface area contributed by atoms with Gasteiger partial charge in [-0.25, -0.2) is 0 Å². The summed E-state index contributed by atoms with van der Waals surface area (Å²) in [5.74, 6) is 0. The maximum Gasteiger partial charge on any atom is 0.416 e. The SMILES string of the molecule is C=CNc1ccc(C(F)(F)F)cc1C=C. The maximum atomic E-state index is 12.3. The predicted octanol–water partition coefficient (Wildman–Crippen LogP) is 3.90. The van der Waals surface area contributed by atoms with Gasteiger partial charge in [0.15, 0.2) is 0 Å². The van der Waals surface area contributed by atoms with Gasteiger partial charge in [0.05, 0.1) is 5.56 Å². The van der Waals surface area contributed by atoms with E-state index in [2.05, 4.69) is 18.5 Å². The minimum Gasteiger partial charge on any atom is -0.362 e. The molecule has 0 heterocycles. The molecule has 0 saturated carbocycles. The van der Waals surface area contributed by atoms with Gasteiger partial charge in [-0.2, -0.15) is 13.2 Å². The largest absolute Gasteiger partial charge is 0.416 e. The topological polar surface area (TPSA) is 12.0 Å². The van der Waals surface area contributed by atoms with Crippen LogP contribution in [0.1, 0.15) is 11.1 Å². The van der Waals surface area contributed by atoms with Crippen molar-refractivity contribution < 1.29 is 13.2 Å². The zero-order chi connectivity index (χ0) is 11.5.